The van der Waals surface area contributed by atoms with Crippen molar-refractivity contribution < 1.29 is 18.0 Å². The van der Waals surface area contributed by atoms with Crippen molar-refractivity contribution in [2.75, 3.05) is 13.2 Å². The first-order valence-corrected chi connectivity index (χ1v) is 8.04. The van der Waals surface area contributed by atoms with Crippen LogP contribution in [0.25, 0.3) is 0 Å². The third kappa shape index (κ3) is 5.94. The smallest absolute Gasteiger partial charge is 0.372 e. The normalized spacial score (nSPS) is 16.2. The van der Waals surface area contributed by atoms with Crippen LogP contribution in [-0.2, 0) is 18.0 Å². The lowest BCUT2D eigenvalue weighted by atomic mass is 10.5. The third-order valence-corrected chi connectivity index (χ3v) is 5.23. The van der Waals surface area contributed by atoms with Crippen LogP contribution in [0.1, 0.15) is 41.5 Å². The lowest BCUT2D eigenvalue weighted by Gasteiger charge is -2.35. The fraction of sp³-hybridized carbons (Fsp3) is 1.00. The second kappa shape index (κ2) is 8.18. The van der Waals surface area contributed by atoms with Gasteiger partial charge in [-0.1, -0.05) is 0 Å². The van der Waals surface area contributed by atoms with E-state index < -0.39 is 15.0 Å². The summed E-state index contributed by atoms with van der Waals surface area (Å²) in [6.45, 7) is 12.5. The van der Waals surface area contributed by atoms with Crippen LogP contribution >= 0.6 is 0 Å². The highest BCUT2D eigenvalue weighted by molar-refractivity contribution is 6.62. The molecule has 2 atom stereocenters. The van der Waals surface area contributed by atoms with Crippen LogP contribution in [0.4, 0.5) is 0 Å². The summed E-state index contributed by atoms with van der Waals surface area (Å²) in [4.78, 5) is 0. The Hall–Kier alpha value is 0.0169. The molecule has 0 aliphatic rings. The zero-order valence-electron chi connectivity index (χ0n) is 11.9. The maximum absolute atomic E-state index is 5.75. The quantitative estimate of drug-likeness (QED) is 0.507. The lowest BCUT2D eigenvalue weighted by Crippen LogP contribution is -2.59. The summed E-state index contributed by atoms with van der Waals surface area (Å²) in [7, 11) is -2.87. The molecule has 0 amide bonds. The van der Waals surface area contributed by atoms with Gasteiger partial charge in [0.25, 0.3) is 0 Å². The van der Waals surface area contributed by atoms with Crippen LogP contribution in [0.5, 0.6) is 0 Å². The Bertz CT molecular complexity index is 196. The Labute approximate surface area is 106 Å². The van der Waals surface area contributed by atoms with Crippen LogP contribution in [-0.4, -0.2) is 40.1 Å². The topological polar surface area (TPSA) is 62.9 Å². The average molecular weight is 265 g/mol. The van der Waals surface area contributed by atoms with Crippen molar-refractivity contribution in [1.29, 1.82) is 0 Å². The van der Waals surface area contributed by atoms with Gasteiger partial charge in [0, 0.05) is 13.2 Å². The Morgan fingerprint density at radius 2 is 1.47 bits per heavy atom. The number of hydrogen-bond acceptors (Lipinski definition) is 5. The standard InChI is InChI=1S/C11H27NO4Si/c1-7-13-17(14-8-2,16-10(5)12)11(6)15-9(3)4/h9-11H,7-8,12H2,1-6H3. The highest BCUT2D eigenvalue weighted by Crippen LogP contribution is 2.20. The van der Waals surface area contributed by atoms with Gasteiger partial charge in [0.1, 0.15) is 5.73 Å². The molecule has 0 aromatic heterocycles. The summed E-state index contributed by atoms with van der Waals surface area (Å²) < 4.78 is 22.9. The second-order valence-electron chi connectivity index (χ2n) is 4.12. The van der Waals surface area contributed by atoms with Gasteiger partial charge in [-0.05, 0) is 41.5 Å². The van der Waals surface area contributed by atoms with Gasteiger partial charge in [-0.15, -0.1) is 0 Å². The summed E-state index contributed by atoms with van der Waals surface area (Å²) >= 11 is 0. The Morgan fingerprint density at radius 3 is 1.76 bits per heavy atom. The van der Waals surface area contributed by atoms with Gasteiger partial charge < -0.3 is 23.7 Å². The van der Waals surface area contributed by atoms with Gasteiger partial charge in [-0.2, -0.15) is 0 Å². The molecule has 0 aromatic rings. The SMILES string of the molecule is CCO[Si](OCC)(OC(C)N)C(C)OC(C)C. The molecule has 104 valence electrons. The molecule has 0 bridgehead atoms. The van der Waals surface area contributed by atoms with Crippen LogP contribution in [0.3, 0.4) is 0 Å². The van der Waals surface area contributed by atoms with Gasteiger partial charge in [0.05, 0.1) is 12.3 Å². The lowest BCUT2D eigenvalue weighted by molar-refractivity contribution is -0.0373. The first-order chi connectivity index (χ1) is 7.88. The van der Waals surface area contributed by atoms with E-state index in [1.807, 2.05) is 34.6 Å². The van der Waals surface area contributed by atoms with Gasteiger partial charge in [-0.25, -0.2) is 0 Å². The molecule has 0 saturated carbocycles. The van der Waals surface area contributed by atoms with E-state index in [2.05, 4.69) is 0 Å². The van der Waals surface area contributed by atoms with Crippen molar-refractivity contribution in [2.45, 2.75) is 59.6 Å². The van der Waals surface area contributed by atoms with E-state index in [4.69, 9.17) is 23.7 Å². The molecular weight excluding hydrogens is 238 g/mol. The maximum Gasteiger partial charge on any atom is 0.532 e. The van der Waals surface area contributed by atoms with Crippen molar-refractivity contribution in [2.24, 2.45) is 5.73 Å². The molecule has 0 aliphatic heterocycles. The Kier molecular flexibility index (Phi) is 8.19. The number of nitrogens with two attached hydrogens (primary N) is 1. The van der Waals surface area contributed by atoms with Gasteiger partial charge >= 0.3 is 8.80 Å². The molecule has 0 saturated heterocycles. The predicted octanol–water partition coefficient (Wildman–Crippen LogP) is 1.67. The molecule has 2 unspecified atom stereocenters. The molecule has 0 rings (SSSR count). The number of rotatable bonds is 9. The Morgan fingerprint density at radius 1 is 1.00 bits per heavy atom. The van der Waals surface area contributed by atoms with Crippen molar-refractivity contribution in [3.8, 4) is 0 Å². The Balaban J connectivity index is 4.85. The van der Waals surface area contributed by atoms with Gasteiger partial charge in [0.15, 0.2) is 0 Å². The van der Waals surface area contributed by atoms with Crippen LogP contribution in [0, 0.1) is 0 Å². The van der Waals surface area contributed by atoms with E-state index in [1.165, 1.54) is 0 Å². The van der Waals surface area contributed by atoms with Crippen molar-refractivity contribution in [1.82, 2.24) is 0 Å². The average Bonchev–Trinajstić information content (AvgIpc) is 2.16. The minimum absolute atomic E-state index is 0.0921. The molecule has 0 heterocycles. The van der Waals surface area contributed by atoms with Gasteiger partial charge in [-0.3, -0.25) is 0 Å². The first kappa shape index (κ1) is 17.0. The van der Waals surface area contributed by atoms with Crippen molar-refractivity contribution >= 4 is 8.80 Å². The predicted molar refractivity (Wildman–Crippen MR) is 69.4 cm³/mol. The fourth-order valence-corrected chi connectivity index (χ4v) is 4.24. The van der Waals surface area contributed by atoms with Crippen molar-refractivity contribution in [3.63, 3.8) is 0 Å². The zero-order valence-corrected chi connectivity index (χ0v) is 12.9. The first-order valence-electron chi connectivity index (χ1n) is 6.24. The number of ether oxygens (including phenoxy) is 1. The molecule has 0 aliphatic carbocycles. The van der Waals surface area contributed by atoms with E-state index >= 15 is 0 Å². The molecule has 5 nitrogen and oxygen atoms in total. The van der Waals surface area contributed by atoms with E-state index in [-0.39, 0.29) is 11.8 Å². The largest absolute Gasteiger partial charge is 0.532 e. The minimum Gasteiger partial charge on any atom is -0.372 e. The molecule has 2 N–H and O–H groups in total. The number of hydrogen-bond donors (Lipinski definition) is 1. The van der Waals surface area contributed by atoms with E-state index in [1.54, 1.807) is 6.92 Å². The third-order valence-electron chi connectivity index (χ3n) is 2.02. The molecule has 17 heavy (non-hydrogen) atoms. The van der Waals surface area contributed by atoms with Crippen LogP contribution < -0.4 is 5.73 Å². The van der Waals surface area contributed by atoms with Crippen LogP contribution in [0.2, 0.25) is 0 Å². The molecule has 0 radical (unpaired) electrons. The molecule has 0 fully saturated rings. The summed E-state index contributed by atoms with van der Waals surface area (Å²) in [6, 6.07) is 0. The summed E-state index contributed by atoms with van der Waals surface area (Å²) in [5.74, 6) is 0. The van der Waals surface area contributed by atoms with Gasteiger partial charge in [0.2, 0.25) is 0 Å². The molecule has 6 heteroatoms. The fourth-order valence-electron chi connectivity index (χ4n) is 1.59. The monoisotopic (exact) mass is 265 g/mol. The molecular formula is C11H27NO4Si. The van der Waals surface area contributed by atoms with E-state index in [9.17, 15) is 0 Å². The minimum atomic E-state index is -2.87. The zero-order chi connectivity index (χ0) is 13.5. The second-order valence-corrected chi connectivity index (χ2v) is 6.95. The highest BCUT2D eigenvalue weighted by Gasteiger charge is 2.49. The summed E-state index contributed by atoms with van der Waals surface area (Å²) in [6.07, 6.45) is -0.340. The van der Waals surface area contributed by atoms with Crippen molar-refractivity contribution in [3.05, 3.63) is 0 Å². The summed E-state index contributed by atoms with van der Waals surface area (Å²) in [5.41, 5.74) is 5.48. The maximum atomic E-state index is 5.75. The molecule has 0 aromatic carbocycles. The van der Waals surface area contributed by atoms with Crippen LogP contribution in [0.15, 0.2) is 0 Å². The highest BCUT2D eigenvalue weighted by atomic mass is 28.4. The molecule has 0 spiro atoms. The van der Waals surface area contributed by atoms with E-state index in [0.717, 1.165) is 0 Å². The summed E-state index contributed by atoms with van der Waals surface area (Å²) in [5, 5.41) is 0. The van der Waals surface area contributed by atoms with E-state index in [0.29, 0.717) is 13.2 Å².